The second kappa shape index (κ2) is 4.75. The number of hydrogen-bond acceptors (Lipinski definition) is 3. The number of isocyanates is 1. The van der Waals surface area contributed by atoms with Crippen LogP contribution in [0.5, 0.6) is 5.75 Å². The van der Waals surface area contributed by atoms with Gasteiger partial charge in [0.25, 0.3) is 0 Å². The van der Waals surface area contributed by atoms with Crippen molar-refractivity contribution in [3.63, 3.8) is 0 Å². The normalized spacial score (nSPS) is 16.7. The second-order valence-electron chi connectivity index (χ2n) is 4.80. The molecule has 1 aliphatic carbocycles. The van der Waals surface area contributed by atoms with Crippen LogP contribution in [0.4, 0.5) is 0 Å². The van der Waals surface area contributed by atoms with E-state index in [0.717, 1.165) is 41.7 Å². The van der Waals surface area contributed by atoms with Gasteiger partial charge >= 0.3 is 0 Å². The molecule has 1 aliphatic rings. The summed E-state index contributed by atoms with van der Waals surface area (Å²) < 4.78 is 5.41. The van der Waals surface area contributed by atoms with Crippen molar-refractivity contribution in [2.45, 2.75) is 38.6 Å². The minimum atomic E-state index is -0.482. The summed E-state index contributed by atoms with van der Waals surface area (Å²) in [4.78, 5) is 14.7. The van der Waals surface area contributed by atoms with Crippen LogP contribution in [-0.4, -0.2) is 13.2 Å². The summed E-state index contributed by atoms with van der Waals surface area (Å²) in [5, 5.41) is 0.657. The van der Waals surface area contributed by atoms with Crippen molar-refractivity contribution in [2.75, 3.05) is 7.11 Å². The van der Waals surface area contributed by atoms with Crippen LogP contribution >= 0.6 is 11.6 Å². The van der Waals surface area contributed by atoms with Crippen LogP contribution in [0, 0.1) is 13.8 Å². The zero-order chi connectivity index (χ0) is 13.3. The molecule has 0 heterocycles. The van der Waals surface area contributed by atoms with E-state index in [0.29, 0.717) is 5.02 Å². The van der Waals surface area contributed by atoms with Gasteiger partial charge in [0.05, 0.1) is 7.11 Å². The highest BCUT2D eigenvalue weighted by atomic mass is 35.5. The number of carbonyl (C=O) groups excluding carboxylic acids is 1. The Kier molecular flexibility index (Phi) is 3.47. The van der Waals surface area contributed by atoms with E-state index in [9.17, 15) is 4.79 Å². The topological polar surface area (TPSA) is 38.7 Å². The lowest BCUT2D eigenvalue weighted by Gasteiger charge is -2.39. The molecule has 0 unspecified atom stereocenters. The average molecular weight is 266 g/mol. The summed E-state index contributed by atoms with van der Waals surface area (Å²) in [5.41, 5.74) is 2.40. The van der Waals surface area contributed by atoms with E-state index in [1.54, 1.807) is 13.2 Å². The minimum Gasteiger partial charge on any atom is -0.496 e. The number of hydrogen-bond donors (Lipinski definition) is 0. The molecule has 0 aromatic heterocycles. The van der Waals surface area contributed by atoms with Crippen LogP contribution in [0.15, 0.2) is 11.1 Å². The van der Waals surface area contributed by atoms with Crippen molar-refractivity contribution in [1.29, 1.82) is 0 Å². The lowest BCUT2D eigenvalue weighted by molar-refractivity contribution is 0.253. The Hall–Kier alpha value is -1.31. The number of aryl methyl sites for hydroxylation is 1. The fourth-order valence-electron chi connectivity index (χ4n) is 2.82. The fraction of sp³-hybridized carbons (Fsp3) is 0.500. The number of halogens is 1. The summed E-state index contributed by atoms with van der Waals surface area (Å²) in [5.74, 6) is 0.821. The van der Waals surface area contributed by atoms with Gasteiger partial charge in [0.15, 0.2) is 0 Å². The van der Waals surface area contributed by atoms with Gasteiger partial charge in [0, 0.05) is 10.6 Å². The van der Waals surface area contributed by atoms with E-state index < -0.39 is 5.54 Å². The van der Waals surface area contributed by atoms with E-state index in [-0.39, 0.29) is 0 Å². The summed E-state index contributed by atoms with van der Waals surface area (Å²) in [6, 6.07) is 1.88. The third-order valence-corrected chi connectivity index (χ3v) is 4.06. The predicted molar refractivity (Wildman–Crippen MR) is 71.1 cm³/mol. The summed E-state index contributed by atoms with van der Waals surface area (Å²) >= 11 is 6.35. The van der Waals surface area contributed by atoms with Crippen molar-refractivity contribution >= 4 is 17.7 Å². The molecule has 0 radical (unpaired) electrons. The van der Waals surface area contributed by atoms with Gasteiger partial charge in [-0.25, -0.2) is 4.79 Å². The molecule has 1 aromatic rings. The van der Waals surface area contributed by atoms with Gasteiger partial charge in [0.1, 0.15) is 11.3 Å². The van der Waals surface area contributed by atoms with E-state index in [2.05, 4.69) is 4.99 Å². The first kappa shape index (κ1) is 13.1. The van der Waals surface area contributed by atoms with Gasteiger partial charge in [-0.1, -0.05) is 11.6 Å². The van der Waals surface area contributed by atoms with E-state index in [4.69, 9.17) is 16.3 Å². The number of rotatable bonds is 3. The molecular formula is C14H16ClNO2. The van der Waals surface area contributed by atoms with Crippen LogP contribution < -0.4 is 4.74 Å². The Morgan fingerprint density at radius 2 is 2.11 bits per heavy atom. The fourth-order valence-corrected chi connectivity index (χ4v) is 3.30. The third kappa shape index (κ3) is 1.84. The average Bonchev–Trinajstić information content (AvgIpc) is 2.25. The van der Waals surface area contributed by atoms with Crippen molar-refractivity contribution in [1.82, 2.24) is 0 Å². The summed E-state index contributed by atoms with van der Waals surface area (Å²) in [6.45, 7) is 3.92. The molecule has 2 rings (SSSR count). The molecule has 0 N–H and O–H groups in total. The third-order valence-electron chi connectivity index (χ3n) is 3.77. The first-order chi connectivity index (χ1) is 8.55. The van der Waals surface area contributed by atoms with Crippen LogP contribution in [0.25, 0.3) is 0 Å². The Bertz CT molecular complexity index is 529. The molecule has 1 saturated carbocycles. The van der Waals surface area contributed by atoms with Crippen LogP contribution in [0.1, 0.15) is 36.0 Å². The molecular weight excluding hydrogens is 250 g/mol. The Balaban J connectivity index is 2.67. The molecule has 1 fully saturated rings. The lowest BCUT2D eigenvalue weighted by atomic mass is 9.70. The number of benzene rings is 1. The van der Waals surface area contributed by atoms with Crippen LogP contribution in [0.3, 0.4) is 0 Å². The highest BCUT2D eigenvalue weighted by Gasteiger charge is 2.42. The highest BCUT2D eigenvalue weighted by molar-refractivity contribution is 6.31. The maximum atomic E-state index is 10.7. The van der Waals surface area contributed by atoms with Crippen LogP contribution in [0.2, 0.25) is 5.02 Å². The van der Waals surface area contributed by atoms with Crippen LogP contribution in [-0.2, 0) is 10.3 Å². The van der Waals surface area contributed by atoms with Gasteiger partial charge in [0.2, 0.25) is 6.08 Å². The van der Waals surface area contributed by atoms with E-state index in [1.165, 1.54) is 0 Å². The molecule has 0 spiro atoms. The Morgan fingerprint density at radius 1 is 1.44 bits per heavy atom. The monoisotopic (exact) mass is 265 g/mol. The molecule has 1 aromatic carbocycles. The molecule has 0 atom stereocenters. The first-order valence-electron chi connectivity index (χ1n) is 5.99. The highest BCUT2D eigenvalue weighted by Crippen LogP contribution is 2.50. The van der Waals surface area contributed by atoms with Crippen molar-refractivity contribution < 1.29 is 9.53 Å². The summed E-state index contributed by atoms with van der Waals surface area (Å²) in [6.07, 6.45) is 4.43. The summed E-state index contributed by atoms with van der Waals surface area (Å²) in [7, 11) is 1.64. The van der Waals surface area contributed by atoms with Gasteiger partial charge in [-0.15, -0.1) is 0 Å². The maximum absolute atomic E-state index is 10.7. The van der Waals surface area contributed by atoms with Gasteiger partial charge < -0.3 is 4.74 Å². The molecule has 96 valence electrons. The Labute approximate surface area is 112 Å². The van der Waals surface area contributed by atoms with Gasteiger partial charge in [-0.05, 0) is 50.3 Å². The second-order valence-corrected chi connectivity index (χ2v) is 5.20. The van der Waals surface area contributed by atoms with Gasteiger partial charge in [-0.2, -0.15) is 4.99 Å². The molecule has 0 amide bonds. The van der Waals surface area contributed by atoms with Gasteiger partial charge in [-0.3, -0.25) is 0 Å². The zero-order valence-corrected chi connectivity index (χ0v) is 11.6. The molecule has 18 heavy (non-hydrogen) atoms. The lowest BCUT2D eigenvalue weighted by Crippen LogP contribution is -2.33. The molecule has 0 saturated heterocycles. The largest absolute Gasteiger partial charge is 0.496 e. The molecule has 3 nitrogen and oxygen atoms in total. The first-order valence-corrected chi connectivity index (χ1v) is 6.37. The molecule has 0 bridgehead atoms. The number of nitrogens with zero attached hydrogens (tertiary/aromatic N) is 1. The SMILES string of the molecule is COc1c(C)cc(Cl)c(C2(N=C=O)CCC2)c1C. The quantitative estimate of drug-likeness (QED) is 0.618. The van der Waals surface area contributed by atoms with Crippen molar-refractivity contribution in [3.8, 4) is 5.75 Å². The Morgan fingerprint density at radius 3 is 2.56 bits per heavy atom. The zero-order valence-electron chi connectivity index (χ0n) is 10.8. The predicted octanol–water partition coefficient (Wildman–Crippen LogP) is 3.68. The number of aliphatic imine (C=N–C) groups is 1. The molecule has 0 aliphatic heterocycles. The standard InChI is InChI=1S/C14H16ClNO2/c1-9-7-11(15)12(10(2)13(9)18-3)14(16-8-17)5-4-6-14/h7H,4-6H2,1-3H3. The van der Waals surface area contributed by atoms with E-state index in [1.807, 2.05) is 19.9 Å². The van der Waals surface area contributed by atoms with E-state index >= 15 is 0 Å². The van der Waals surface area contributed by atoms with Crippen molar-refractivity contribution in [2.24, 2.45) is 4.99 Å². The van der Waals surface area contributed by atoms with Crippen molar-refractivity contribution in [3.05, 3.63) is 27.8 Å². The molecule has 4 heteroatoms. The number of methoxy groups -OCH3 is 1. The number of ether oxygens (including phenoxy) is 1. The minimum absolute atomic E-state index is 0.482. The smallest absolute Gasteiger partial charge is 0.235 e. The maximum Gasteiger partial charge on any atom is 0.235 e.